The minimum Gasteiger partial charge on any atom is -0.453 e. The van der Waals surface area contributed by atoms with Crippen LogP contribution in [0.2, 0.25) is 0 Å². The van der Waals surface area contributed by atoms with Crippen molar-refractivity contribution in [3.05, 3.63) is 21.9 Å². The minimum atomic E-state index is -0.857. The number of morpholine rings is 1. The van der Waals surface area contributed by atoms with E-state index in [2.05, 4.69) is 0 Å². The van der Waals surface area contributed by atoms with Crippen LogP contribution in [0.5, 0.6) is 0 Å². The Hall–Kier alpha value is -1.73. The van der Waals surface area contributed by atoms with Gasteiger partial charge in [0.1, 0.15) is 0 Å². The zero-order valence-electron chi connectivity index (χ0n) is 15.1. The smallest absolute Gasteiger partial charge is 0.307 e. The molecule has 0 bridgehead atoms. The fourth-order valence-corrected chi connectivity index (χ4v) is 3.68. The molecule has 1 aromatic heterocycles. The molecule has 0 aliphatic carbocycles. The zero-order valence-corrected chi connectivity index (χ0v) is 15.9. The highest BCUT2D eigenvalue weighted by Gasteiger charge is 2.30. The molecule has 6 nitrogen and oxygen atoms in total. The van der Waals surface area contributed by atoms with Gasteiger partial charge in [0.15, 0.2) is 11.9 Å². The molecule has 0 saturated carbocycles. The van der Waals surface area contributed by atoms with Gasteiger partial charge in [-0.2, -0.15) is 0 Å². The van der Waals surface area contributed by atoms with E-state index in [9.17, 15) is 14.4 Å². The lowest BCUT2D eigenvalue weighted by Crippen LogP contribution is -2.51. The second-order valence-corrected chi connectivity index (χ2v) is 7.75. The van der Waals surface area contributed by atoms with Gasteiger partial charge in [-0.15, -0.1) is 11.3 Å². The van der Waals surface area contributed by atoms with Gasteiger partial charge in [0, 0.05) is 24.4 Å². The molecule has 2 heterocycles. The lowest BCUT2D eigenvalue weighted by molar-refractivity contribution is -0.164. The van der Waals surface area contributed by atoms with Crippen molar-refractivity contribution < 1.29 is 23.9 Å². The third-order valence-corrected chi connectivity index (χ3v) is 5.00. The summed E-state index contributed by atoms with van der Waals surface area (Å²) in [5.74, 6) is -0.836. The summed E-state index contributed by atoms with van der Waals surface area (Å²) in [6, 6.07) is 3.64. The van der Waals surface area contributed by atoms with Crippen LogP contribution < -0.4 is 0 Å². The summed E-state index contributed by atoms with van der Waals surface area (Å²) in [5.41, 5.74) is 0. The maximum Gasteiger partial charge on any atom is 0.307 e. The van der Waals surface area contributed by atoms with E-state index in [1.54, 1.807) is 17.9 Å². The summed E-state index contributed by atoms with van der Waals surface area (Å²) in [5, 5.41) is 0. The fourth-order valence-electron chi connectivity index (χ4n) is 2.84. The van der Waals surface area contributed by atoms with E-state index in [0.29, 0.717) is 18.0 Å². The molecule has 0 radical (unpaired) electrons. The number of rotatable bonds is 6. The first kappa shape index (κ1) is 19.6. The lowest BCUT2D eigenvalue weighted by atomic mass is 10.2. The molecular weight excluding hydrogens is 342 g/mol. The number of hydrogen-bond acceptors (Lipinski definition) is 6. The normalized spacial score (nSPS) is 21.7. The molecule has 3 atom stereocenters. The fraction of sp³-hybridized carbons (Fsp3) is 0.611. The van der Waals surface area contributed by atoms with E-state index in [1.807, 2.05) is 26.8 Å². The average molecular weight is 367 g/mol. The molecule has 1 amide bonds. The van der Waals surface area contributed by atoms with Crippen molar-refractivity contribution in [2.45, 2.75) is 58.8 Å². The Morgan fingerprint density at radius 2 is 1.88 bits per heavy atom. The monoisotopic (exact) mass is 367 g/mol. The molecular formula is C18H25NO5S. The number of ketones is 1. The van der Waals surface area contributed by atoms with Crippen LogP contribution in [0, 0.1) is 6.92 Å². The Bertz CT molecular complexity index is 631. The molecule has 3 unspecified atom stereocenters. The predicted octanol–water partition coefficient (Wildman–Crippen LogP) is 2.59. The van der Waals surface area contributed by atoms with Gasteiger partial charge in [0.05, 0.1) is 23.5 Å². The number of thiophene rings is 1. The van der Waals surface area contributed by atoms with Crippen LogP contribution >= 0.6 is 11.3 Å². The van der Waals surface area contributed by atoms with Gasteiger partial charge < -0.3 is 14.4 Å². The Balaban J connectivity index is 1.79. The van der Waals surface area contributed by atoms with Crippen molar-refractivity contribution in [3.8, 4) is 0 Å². The van der Waals surface area contributed by atoms with Crippen LogP contribution in [0.3, 0.4) is 0 Å². The minimum absolute atomic E-state index is 0.0245. The van der Waals surface area contributed by atoms with Crippen molar-refractivity contribution in [1.29, 1.82) is 0 Å². The Morgan fingerprint density at radius 1 is 1.24 bits per heavy atom. The Kier molecular flexibility index (Phi) is 6.72. The molecule has 7 heteroatoms. The molecule has 1 aromatic rings. The number of hydrogen-bond donors (Lipinski definition) is 0. The third-order valence-electron chi connectivity index (χ3n) is 3.96. The second-order valence-electron chi connectivity index (χ2n) is 6.47. The molecule has 138 valence electrons. The quantitative estimate of drug-likeness (QED) is 0.571. The SMILES string of the molecule is Cc1ccc(C(=O)CCC(=O)OC(C)C(=O)N2CC(C)OC(C)C2)s1. The topological polar surface area (TPSA) is 72.9 Å². The largest absolute Gasteiger partial charge is 0.453 e. The summed E-state index contributed by atoms with van der Waals surface area (Å²) in [7, 11) is 0. The molecule has 0 spiro atoms. The first-order valence-corrected chi connectivity index (χ1v) is 9.31. The average Bonchev–Trinajstić information content (AvgIpc) is 2.97. The number of amides is 1. The predicted molar refractivity (Wildman–Crippen MR) is 94.8 cm³/mol. The van der Waals surface area contributed by atoms with Gasteiger partial charge in [-0.3, -0.25) is 14.4 Å². The number of esters is 1. The molecule has 2 rings (SSSR count). The zero-order chi connectivity index (χ0) is 18.6. The maximum absolute atomic E-state index is 12.4. The van der Waals surface area contributed by atoms with Crippen LogP contribution in [0.1, 0.15) is 48.2 Å². The van der Waals surface area contributed by atoms with Crippen LogP contribution in [-0.2, 0) is 19.1 Å². The van der Waals surface area contributed by atoms with Gasteiger partial charge in [-0.1, -0.05) is 0 Å². The summed E-state index contributed by atoms with van der Waals surface area (Å²) >= 11 is 1.41. The van der Waals surface area contributed by atoms with Crippen LogP contribution in [0.25, 0.3) is 0 Å². The van der Waals surface area contributed by atoms with Crippen LogP contribution in [-0.4, -0.2) is 54.0 Å². The van der Waals surface area contributed by atoms with Gasteiger partial charge in [0.2, 0.25) is 0 Å². The maximum atomic E-state index is 12.4. The molecule has 0 N–H and O–H groups in total. The van der Waals surface area contributed by atoms with E-state index in [0.717, 1.165) is 4.88 Å². The van der Waals surface area contributed by atoms with Gasteiger partial charge >= 0.3 is 5.97 Å². The van der Waals surface area contributed by atoms with Crippen LogP contribution in [0.4, 0.5) is 0 Å². The molecule has 1 fully saturated rings. The van der Waals surface area contributed by atoms with Crippen molar-refractivity contribution in [2.24, 2.45) is 0 Å². The highest BCUT2D eigenvalue weighted by Crippen LogP contribution is 2.18. The standard InChI is InChI=1S/C18H25NO5S/c1-11-9-19(10-12(2)23-11)18(22)14(4)24-17(21)8-6-15(20)16-7-5-13(3)25-16/h5,7,11-12,14H,6,8-10H2,1-4H3. The van der Waals surface area contributed by atoms with Crippen molar-refractivity contribution in [3.63, 3.8) is 0 Å². The summed E-state index contributed by atoms with van der Waals surface area (Å²) in [6.45, 7) is 8.28. The van der Waals surface area contributed by atoms with Gasteiger partial charge in [-0.05, 0) is 39.8 Å². The van der Waals surface area contributed by atoms with E-state index in [1.165, 1.54) is 11.3 Å². The number of Topliss-reactive ketones (excluding diaryl/α,β-unsaturated/α-hetero) is 1. The molecule has 0 aromatic carbocycles. The summed E-state index contributed by atoms with van der Waals surface area (Å²) in [4.78, 5) is 39.7. The number of carbonyl (C=O) groups is 3. The molecule has 25 heavy (non-hydrogen) atoms. The molecule has 1 saturated heterocycles. The summed E-state index contributed by atoms with van der Waals surface area (Å²) < 4.78 is 10.8. The summed E-state index contributed by atoms with van der Waals surface area (Å²) in [6.07, 6.45) is -0.872. The lowest BCUT2D eigenvalue weighted by Gasteiger charge is -2.36. The van der Waals surface area contributed by atoms with Crippen molar-refractivity contribution in [1.82, 2.24) is 4.90 Å². The number of ether oxygens (including phenoxy) is 2. The second kappa shape index (κ2) is 8.58. The first-order valence-electron chi connectivity index (χ1n) is 8.49. The molecule has 1 aliphatic heterocycles. The van der Waals surface area contributed by atoms with E-state index < -0.39 is 12.1 Å². The Morgan fingerprint density at radius 3 is 2.44 bits per heavy atom. The van der Waals surface area contributed by atoms with E-state index >= 15 is 0 Å². The highest BCUT2D eigenvalue weighted by molar-refractivity contribution is 7.14. The molecule has 1 aliphatic rings. The van der Waals surface area contributed by atoms with Crippen molar-refractivity contribution in [2.75, 3.05) is 13.1 Å². The van der Waals surface area contributed by atoms with Gasteiger partial charge in [0.25, 0.3) is 5.91 Å². The number of nitrogens with zero attached hydrogens (tertiary/aromatic N) is 1. The van der Waals surface area contributed by atoms with E-state index in [-0.39, 0.29) is 36.7 Å². The third kappa shape index (κ3) is 5.64. The number of aryl methyl sites for hydroxylation is 1. The van der Waals surface area contributed by atoms with E-state index in [4.69, 9.17) is 9.47 Å². The Labute approximate surface area is 152 Å². The van der Waals surface area contributed by atoms with Crippen LogP contribution in [0.15, 0.2) is 12.1 Å². The van der Waals surface area contributed by atoms with Gasteiger partial charge in [-0.25, -0.2) is 0 Å². The first-order chi connectivity index (χ1) is 11.8. The number of carbonyl (C=O) groups excluding carboxylic acids is 3. The van der Waals surface area contributed by atoms with Crippen molar-refractivity contribution >= 4 is 29.0 Å². The highest BCUT2D eigenvalue weighted by atomic mass is 32.1.